The van der Waals surface area contributed by atoms with E-state index in [9.17, 15) is 28.8 Å². The van der Waals surface area contributed by atoms with Gasteiger partial charge in [-0.1, -0.05) is 87.9 Å². The van der Waals surface area contributed by atoms with E-state index in [2.05, 4.69) is 5.32 Å². The number of ether oxygens (including phenoxy) is 2. The summed E-state index contributed by atoms with van der Waals surface area (Å²) in [5, 5.41) is 2.95. The Balaban J connectivity index is 1.27. The third-order valence-corrected chi connectivity index (χ3v) is 11.5. The molecule has 0 spiro atoms. The van der Waals surface area contributed by atoms with Crippen molar-refractivity contribution in [3.63, 3.8) is 0 Å². The largest absolute Gasteiger partial charge is 0.499 e. The molecule has 13 heteroatoms. The van der Waals surface area contributed by atoms with Crippen molar-refractivity contribution in [2.24, 2.45) is 11.8 Å². The van der Waals surface area contributed by atoms with Gasteiger partial charge < -0.3 is 29.5 Å². The number of hydrogen-bond donors (Lipinski definition) is 1. The van der Waals surface area contributed by atoms with Gasteiger partial charge in [0, 0.05) is 52.7 Å². The first kappa shape index (κ1) is 43.1. The molecule has 308 valence electrons. The fourth-order valence-electron chi connectivity index (χ4n) is 8.51. The molecule has 0 aliphatic carbocycles. The van der Waals surface area contributed by atoms with Gasteiger partial charge in [0.2, 0.25) is 23.6 Å². The van der Waals surface area contributed by atoms with Gasteiger partial charge in [-0.15, -0.1) is 0 Å². The van der Waals surface area contributed by atoms with Crippen molar-refractivity contribution in [3.8, 4) is 0 Å². The fraction of sp³-hybridized carbons (Fsp3) is 0.545. The van der Waals surface area contributed by atoms with Crippen LogP contribution in [0.25, 0.3) is 0 Å². The molecule has 0 aromatic heterocycles. The summed E-state index contributed by atoms with van der Waals surface area (Å²) in [5.74, 6) is -2.56. The van der Waals surface area contributed by atoms with E-state index in [0.29, 0.717) is 51.0 Å². The van der Waals surface area contributed by atoms with Crippen LogP contribution in [0.3, 0.4) is 0 Å². The van der Waals surface area contributed by atoms with Crippen molar-refractivity contribution in [2.45, 2.75) is 102 Å². The van der Waals surface area contributed by atoms with Crippen LogP contribution in [-0.2, 0) is 51.1 Å². The molecule has 6 atom stereocenters. The molecule has 3 aliphatic rings. The van der Waals surface area contributed by atoms with Gasteiger partial charge in [-0.25, -0.2) is 0 Å². The SMILES string of the molecule is CCC[C@H](CC(=O)N[C@H](Cc1ccccc1)C(=O)N1CC[C@@H](C(=O)N(C)[C@H](C(=O)N2CCC[C@H]2C(=O)N2C(=O)C=C(OC)[C@@H]2Cc2ccccc2)C(C)C)C1)OC. The van der Waals surface area contributed by atoms with Crippen molar-refractivity contribution in [1.82, 2.24) is 24.9 Å². The second kappa shape index (κ2) is 19.9. The van der Waals surface area contributed by atoms with Gasteiger partial charge in [0.1, 0.15) is 29.9 Å². The molecule has 0 saturated carbocycles. The number of hydrogen-bond acceptors (Lipinski definition) is 8. The Morgan fingerprint density at radius 2 is 1.58 bits per heavy atom. The number of nitrogens with zero attached hydrogens (tertiary/aromatic N) is 4. The van der Waals surface area contributed by atoms with Gasteiger partial charge >= 0.3 is 0 Å². The van der Waals surface area contributed by atoms with Crippen LogP contribution in [0.15, 0.2) is 72.5 Å². The summed E-state index contributed by atoms with van der Waals surface area (Å²) < 4.78 is 11.0. The zero-order chi connectivity index (χ0) is 41.2. The minimum absolute atomic E-state index is 0.136. The van der Waals surface area contributed by atoms with Crippen LogP contribution in [0, 0.1) is 11.8 Å². The molecule has 57 heavy (non-hydrogen) atoms. The van der Waals surface area contributed by atoms with Crippen molar-refractivity contribution in [3.05, 3.63) is 83.6 Å². The van der Waals surface area contributed by atoms with E-state index >= 15 is 0 Å². The molecule has 3 aliphatic heterocycles. The van der Waals surface area contributed by atoms with Gasteiger partial charge in [0.05, 0.1) is 25.6 Å². The zero-order valence-corrected chi connectivity index (χ0v) is 34.2. The Kier molecular flexibility index (Phi) is 15.0. The average molecular weight is 786 g/mol. The second-order valence-electron chi connectivity index (χ2n) is 15.8. The van der Waals surface area contributed by atoms with Gasteiger partial charge in [-0.3, -0.25) is 33.7 Å². The molecule has 2 fully saturated rings. The number of nitrogens with one attached hydrogen (secondary N) is 1. The molecule has 0 bridgehead atoms. The third-order valence-electron chi connectivity index (χ3n) is 11.5. The van der Waals surface area contributed by atoms with E-state index in [1.54, 1.807) is 19.1 Å². The Bertz CT molecular complexity index is 1770. The summed E-state index contributed by atoms with van der Waals surface area (Å²) in [4.78, 5) is 89.2. The van der Waals surface area contributed by atoms with Crippen molar-refractivity contribution in [1.29, 1.82) is 0 Å². The molecule has 2 aromatic rings. The Morgan fingerprint density at radius 3 is 2.19 bits per heavy atom. The minimum atomic E-state index is -0.875. The highest BCUT2D eigenvalue weighted by Gasteiger charge is 2.47. The zero-order valence-electron chi connectivity index (χ0n) is 34.2. The van der Waals surface area contributed by atoms with Crippen LogP contribution in [0.4, 0.5) is 0 Å². The summed E-state index contributed by atoms with van der Waals surface area (Å²) in [5.41, 5.74) is 1.83. The molecule has 2 saturated heterocycles. The van der Waals surface area contributed by atoms with E-state index in [0.717, 1.165) is 24.0 Å². The maximum absolute atomic E-state index is 14.5. The molecule has 1 N–H and O–H groups in total. The fourth-order valence-corrected chi connectivity index (χ4v) is 8.51. The molecule has 6 amide bonds. The highest BCUT2D eigenvalue weighted by Crippen LogP contribution is 2.31. The highest BCUT2D eigenvalue weighted by molar-refractivity contribution is 6.07. The van der Waals surface area contributed by atoms with Crippen molar-refractivity contribution >= 4 is 35.4 Å². The summed E-state index contributed by atoms with van der Waals surface area (Å²) in [6.07, 6.45) is 4.84. The summed E-state index contributed by atoms with van der Waals surface area (Å²) >= 11 is 0. The Labute approximate surface area is 336 Å². The van der Waals surface area contributed by atoms with Gasteiger partial charge in [0.15, 0.2) is 0 Å². The highest BCUT2D eigenvalue weighted by atomic mass is 16.5. The molecule has 13 nitrogen and oxygen atoms in total. The van der Waals surface area contributed by atoms with Gasteiger partial charge in [-0.2, -0.15) is 0 Å². The summed E-state index contributed by atoms with van der Waals surface area (Å²) in [6.45, 7) is 6.55. The Hall–Kier alpha value is -5.04. The van der Waals surface area contributed by atoms with Crippen LogP contribution < -0.4 is 5.32 Å². The maximum atomic E-state index is 14.5. The van der Waals surface area contributed by atoms with Gasteiger partial charge in [0.25, 0.3) is 11.8 Å². The van der Waals surface area contributed by atoms with E-state index in [4.69, 9.17) is 9.47 Å². The van der Waals surface area contributed by atoms with Gasteiger partial charge in [-0.05, 0) is 42.7 Å². The summed E-state index contributed by atoms with van der Waals surface area (Å²) in [7, 11) is 4.66. The molecule has 0 radical (unpaired) electrons. The predicted octanol–water partition coefficient (Wildman–Crippen LogP) is 3.75. The number of imide groups is 1. The standard InChI is InChI=1S/C44H59N5O8/c1-7-15-33(56-5)26-38(50)45-34(24-30-16-10-8-11-17-30)42(53)47-23-21-32(28-47)41(52)46(4)40(29(2)3)44(55)48-22-14-20-35(48)43(54)49-36(37(57-6)27-39(49)51)25-31-18-12-9-13-19-31/h8-13,16-19,27,29,32-36,40H,7,14-15,20-26,28H2,1-6H3,(H,45,50)/t32-,33-,34-,35+,36+,40+/m1/s1. The number of likely N-dealkylation sites (N-methyl/N-ethyl adjacent to an activating group) is 1. The number of carbonyl (C=O) groups is 6. The summed E-state index contributed by atoms with van der Waals surface area (Å²) in [6, 6.07) is 15.8. The first-order valence-electron chi connectivity index (χ1n) is 20.3. The number of amides is 6. The third kappa shape index (κ3) is 10.3. The van der Waals surface area contributed by atoms with E-state index in [-0.39, 0.29) is 48.6 Å². The Morgan fingerprint density at radius 1 is 0.912 bits per heavy atom. The van der Waals surface area contributed by atoms with Crippen LogP contribution >= 0.6 is 0 Å². The topological polar surface area (TPSA) is 146 Å². The first-order chi connectivity index (χ1) is 27.4. The average Bonchev–Trinajstić information content (AvgIpc) is 3.97. The lowest BCUT2D eigenvalue weighted by Gasteiger charge is -2.37. The lowest BCUT2D eigenvalue weighted by Crippen LogP contribution is -2.58. The lowest BCUT2D eigenvalue weighted by molar-refractivity contribution is -0.154. The normalized spacial score (nSPS) is 21.0. The monoisotopic (exact) mass is 785 g/mol. The van der Waals surface area contributed by atoms with Crippen LogP contribution in [-0.4, -0.2) is 126 Å². The molecule has 0 unspecified atom stereocenters. The van der Waals surface area contributed by atoms with Crippen LogP contribution in [0.5, 0.6) is 0 Å². The molecule has 2 aromatic carbocycles. The quantitative estimate of drug-likeness (QED) is 0.239. The van der Waals surface area contributed by atoms with E-state index in [1.165, 1.54) is 27.9 Å². The lowest BCUT2D eigenvalue weighted by atomic mass is 9.98. The second-order valence-corrected chi connectivity index (χ2v) is 15.8. The first-order valence-corrected chi connectivity index (χ1v) is 20.3. The van der Waals surface area contributed by atoms with Crippen molar-refractivity contribution in [2.75, 3.05) is 40.9 Å². The predicted molar refractivity (Wildman–Crippen MR) is 214 cm³/mol. The maximum Gasteiger partial charge on any atom is 0.257 e. The van der Waals surface area contributed by atoms with E-state index in [1.807, 2.05) is 81.4 Å². The number of likely N-dealkylation sites (tertiary alicyclic amines) is 2. The smallest absolute Gasteiger partial charge is 0.257 e. The molecule has 5 rings (SSSR count). The molecular formula is C44H59N5O8. The molecular weight excluding hydrogens is 727 g/mol. The number of rotatable bonds is 17. The minimum Gasteiger partial charge on any atom is -0.499 e. The van der Waals surface area contributed by atoms with E-state index < -0.39 is 41.9 Å². The number of carbonyl (C=O) groups excluding carboxylic acids is 6. The van der Waals surface area contributed by atoms with Crippen LogP contribution in [0.2, 0.25) is 0 Å². The van der Waals surface area contributed by atoms with Crippen molar-refractivity contribution < 1.29 is 38.2 Å². The van der Waals surface area contributed by atoms with Crippen LogP contribution in [0.1, 0.15) is 70.4 Å². The number of benzene rings is 2. The molecule has 3 heterocycles. The number of methoxy groups -OCH3 is 2.